The van der Waals surface area contributed by atoms with Gasteiger partial charge in [0.1, 0.15) is 36.6 Å². The quantitative estimate of drug-likeness (QED) is 0.0158. The van der Waals surface area contributed by atoms with Crippen molar-refractivity contribution >= 4 is 13.7 Å². The molecule has 1 saturated carbocycles. The Hall–Kier alpha value is -0.960. The van der Waals surface area contributed by atoms with Crippen LogP contribution < -0.4 is 5.32 Å². The number of unbranched alkanes of at least 4 members (excludes halogenated alkanes) is 35. The molecule has 68 heavy (non-hydrogen) atoms. The van der Waals surface area contributed by atoms with Gasteiger partial charge >= 0.3 is 7.82 Å². The number of rotatable bonds is 48. The first kappa shape index (κ1) is 65.1. The molecule has 0 bridgehead atoms. The highest BCUT2D eigenvalue weighted by atomic mass is 31.2. The van der Waals surface area contributed by atoms with E-state index in [1.807, 2.05) is 0 Å². The largest absolute Gasteiger partial charge is 0.472 e. The van der Waals surface area contributed by atoms with Gasteiger partial charge in [-0.25, -0.2) is 4.57 Å². The van der Waals surface area contributed by atoms with E-state index < -0.39 is 75.2 Å². The lowest BCUT2D eigenvalue weighted by atomic mass is 9.85. The fraction of sp³-hybridized carbons (Fsp3) is 0.944. The minimum atomic E-state index is -5.14. The smallest absolute Gasteiger partial charge is 0.393 e. The summed E-state index contributed by atoms with van der Waals surface area (Å²) in [5.74, 6) is -0.587. The Bertz CT molecular complexity index is 1210. The summed E-state index contributed by atoms with van der Waals surface area (Å²) >= 11 is 0. The van der Waals surface area contributed by atoms with E-state index in [9.17, 15) is 50.0 Å². The lowest BCUT2D eigenvalue weighted by molar-refractivity contribution is -0.220. The zero-order valence-electron chi connectivity index (χ0n) is 43.3. The van der Waals surface area contributed by atoms with E-state index in [1.54, 1.807) is 6.08 Å². The Kier molecular flexibility index (Phi) is 41.7. The summed E-state index contributed by atoms with van der Waals surface area (Å²) in [6.45, 7) is 3.79. The van der Waals surface area contributed by atoms with Crippen LogP contribution in [0.2, 0.25) is 0 Å². The van der Waals surface area contributed by atoms with Crippen molar-refractivity contribution in [1.82, 2.24) is 5.32 Å². The molecule has 1 rings (SSSR count). The second kappa shape index (κ2) is 43.6. The van der Waals surface area contributed by atoms with E-state index in [2.05, 4.69) is 19.2 Å². The number of nitrogens with one attached hydrogen (secondary N) is 1. The number of amides is 1. The van der Waals surface area contributed by atoms with E-state index in [0.29, 0.717) is 12.8 Å². The van der Waals surface area contributed by atoms with Gasteiger partial charge in [-0.05, 0) is 19.3 Å². The van der Waals surface area contributed by atoms with Crippen molar-refractivity contribution in [3.63, 3.8) is 0 Å². The van der Waals surface area contributed by atoms with Gasteiger partial charge in [0.2, 0.25) is 5.91 Å². The molecule has 0 aromatic heterocycles. The van der Waals surface area contributed by atoms with Gasteiger partial charge in [-0.15, -0.1) is 0 Å². The van der Waals surface area contributed by atoms with E-state index in [-0.39, 0.29) is 6.42 Å². The standard InChI is InChI=1S/C54H106NO12P/c1-3-5-7-9-11-13-15-17-19-21-22-23-24-26-28-30-32-34-36-38-40-42-47(57)46(44-66-68(64,65)67-54-52(62)50(60)49(59)51(61)53(54)63)55-48(58)43-45(56)41-39-37-35-33-31-29-27-25-20-18-16-14-12-10-8-6-4-2/h40,42,45-47,49-54,56-57,59-63H,3-39,41,43-44H2,1-2H3,(H,55,58)(H,64,65)/b42-40+. The molecule has 14 heteroatoms. The Balaban J connectivity index is 2.43. The molecule has 0 aromatic carbocycles. The molecule has 8 atom stereocenters. The average Bonchev–Trinajstić information content (AvgIpc) is 3.31. The molecule has 1 aliphatic carbocycles. The molecule has 404 valence electrons. The number of phosphoric ester groups is 1. The summed E-state index contributed by atoms with van der Waals surface area (Å²) in [6.07, 6.45) is 35.8. The van der Waals surface area contributed by atoms with Crippen LogP contribution in [0.4, 0.5) is 0 Å². The van der Waals surface area contributed by atoms with Crippen LogP contribution in [0.3, 0.4) is 0 Å². The number of aliphatic hydroxyl groups is 7. The van der Waals surface area contributed by atoms with E-state index >= 15 is 0 Å². The zero-order valence-corrected chi connectivity index (χ0v) is 44.2. The maximum absolute atomic E-state index is 13.1. The minimum Gasteiger partial charge on any atom is -0.393 e. The van der Waals surface area contributed by atoms with Crippen LogP contribution >= 0.6 is 7.82 Å². The van der Waals surface area contributed by atoms with Crippen molar-refractivity contribution in [1.29, 1.82) is 0 Å². The van der Waals surface area contributed by atoms with Gasteiger partial charge in [0.05, 0.1) is 31.3 Å². The number of hydrogen-bond donors (Lipinski definition) is 9. The van der Waals surface area contributed by atoms with Crippen molar-refractivity contribution in [2.24, 2.45) is 0 Å². The third kappa shape index (κ3) is 34.4. The van der Waals surface area contributed by atoms with Crippen molar-refractivity contribution in [3.05, 3.63) is 12.2 Å². The summed E-state index contributed by atoms with van der Waals surface area (Å²) in [6, 6.07) is -1.24. The summed E-state index contributed by atoms with van der Waals surface area (Å²) in [5.41, 5.74) is 0. The first-order valence-electron chi connectivity index (χ1n) is 28.2. The molecule has 1 amide bonds. The summed E-state index contributed by atoms with van der Waals surface area (Å²) < 4.78 is 23.0. The van der Waals surface area contributed by atoms with Crippen molar-refractivity contribution in [3.8, 4) is 0 Å². The molecule has 8 unspecified atom stereocenters. The predicted molar refractivity (Wildman–Crippen MR) is 275 cm³/mol. The second-order valence-electron chi connectivity index (χ2n) is 20.3. The molecular formula is C54H106NO12P. The van der Waals surface area contributed by atoms with Crippen LogP contribution in [0.25, 0.3) is 0 Å². The summed E-state index contributed by atoms with van der Waals surface area (Å²) in [7, 11) is -5.14. The fourth-order valence-corrected chi connectivity index (χ4v) is 10.3. The highest BCUT2D eigenvalue weighted by Crippen LogP contribution is 2.47. The molecule has 1 fully saturated rings. The molecule has 13 nitrogen and oxygen atoms in total. The summed E-state index contributed by atoms with van der Waals surface area (Å²) in [4.78, 5) is 23.6. The van der Waals surface area contributed by atoms with Gasteiger partial charge in [0.25, 0.3) is 0 Å². The van der Waals surface area contributed by atoms with Crippen LogP contribution in [0.5, 0.6) is 0 Å². The number of hydrogen-bond acceptors (Lipinski definition) is 11. The van der Waals surface area contributed by atoms with Gasteiger partial charge in [-0.3, -0.25) is 13.8 Å². The third-order valence-corrected chi connectivity index (χ3v) is 14.9. The number of phosphoric acid groups is 1. The fourth-order valence-electron chi connectivity index (χ4n) is 9.30. The maximum Gasteiger partial charge on any atom is 0.472 e. The molecular weight excluding hydrogens is 886 g/mol. The highest BCUT2D eigenvalue weighted by molar-refractivity contribution is 7.47. The van der Waals surface area contributed by atoms with Crippen LogP contribution in [-0.4, -0.2) is 108 Å². The lowest BCUT2D eigenvalue weighted by Crippen LogP contribution is -2.64. The molecule has 1 aliphatic rings. The van der Waals surface area contributed by atoms with Crippen LogP contribution in [0.1, 0.15) is 264 Å². The van der Waals surface area contributed by atoms with E-state index in [0.717, 1.165) is 44.9 Å². The number of allylic oxidation sites excluding steroid dienone is 1. The Morgan fingerprint density at radius 2 is 0.838 bits per heavy atom. The first-order valence-corrected chi connectivity index (χ1v) is 29.7. The zero-order chi connectivity index (χ0) is 50.1. The van der Waals surface area contributed by atoms with Gasteiger partial charge < -0.3 is 46.0 Å². The number of carbonyl (C=O) groups is 1. The average molecular weight is 992 g/mol. The van der Waals surface area contributed by atoms with Gasteiger partial charge in [0.15, 0.2) is 0 Å². The molecule has 0 heterocycles. The van der Waals surface area contributed by atoms with E-state index in [1.165, 1.54) is 192 Å². The van der Waals surface area contributed by atoms with Crippen molar-refractivity contribution in [2.75, 3.05) is 6.61 Å². The molecule has 0 saturated heterocycles. The molecule has 0 aromatic rings. The minimum absolute atomic E-state index is 0.239. The highest BCUT2D eigenvalue weighted by Gasteiger charge is 2.51. The third-order valence-electron chi connectivity index (χ3n) is 13.9. The first-order chi connectivity index (χ1) is 32.8. The Morgan fingerprint density at radius 1 is 0.515 bits per heavy atom. The van der Waals surface area contributed by atoms with Crippen LogP contribution in [0.15, 0.2) is 12.2 Å². The van der Waals surface area contributed by atoms with Crippen molar-refractivity contribution in [2.45, 2.75) is 319 Å². The lowest BCUT2D eigenvalue weighted by Gasteiger charge is -2.41. The van der Waals surface area contributed by atoms with Crippen LogP contribution in [0, 0.1) is 0 Å². The molecule has 0 spiro atoms. The normalized spacial score (nSPS) is 22.1. The summed E-state index contributed by atoms with van der Waals surface area (Å²) in [5, 5.41) is 74.8. The monoisotopic (exact) mass is 992 g/mol. The number of aliphatic hydroxyl groups excluding tert-OH is 7. The van der Waals surface area contributed by atoms with Crippen LogP contribution in [-0.2, 0) is 18.4 Å². The molecule has 9 N–H and O–H groups in total. The van der Waals surface area contributed by atoms with Gasteiger partial charge in [-0.2, -0.15) is 0 Å². The van der Waals surface area contributed by atoms with E-state index in [4.69, 9.17) is 9.05 Å². The SMILES string of the molecule is CCCCCCCCCCCCCCCCCCCCC/C=C/C(O)C(COP(=O)(O)OC1C(O)C(O)C(O)C(O)C1O)NC(=O)CC(O)CCCCCCCCCCCCCCCCCCC. The molecule has 0 radical (unpaired) electrons. The molecule has 0 aliphatic heterocycles. The number of carbonyl (C=O) groups excluding carboxylic acids is 1. The Labute approximate surface area is 414 Å². The van der Waals surface area contributed by atoms with Gasteiger partial charge in [-0.1, -0.05) is 251 Å². The Morgan fingerprint density at radius 3 is 1.21 bits per heavy atom. The van der Waals surface area contributed by atoms with Gasteiger partial charge in [0, 0.05) is 0 Å². The maximum atomic E-state index is 13.1. The van der Waals surface area contributed by atoms with Crippen molar-refractivity contribution < 1.29 is 59.0 Å². The topological polar surface area (TPSA) is 226 Å². The predicted octanol–water partition coefficient (Wildman–Crippen LogP) is 11.3. The second-order valence-corrected chi connectivity index (χ2v) is 21.7.